The summed E-state index contributed by atoms with van der Waals surface area (Å²) in [6, 6.07) is 4.83. The Balaban J connectivity index is 2.06. The second kappa shape index (κ2) is 5.53. The van der Waals surface area contributed by atoms with Crippen LogP contribution in [-0.4, -0.2) is 20.7 Å². The summed E-state index contributed by atoms with van der Waals surface area (Å²) in [6.45, 7) is 0. The average Bonchev–Trinajstić information content (AvgIpc) is 2.94. The van der Waals surface area contributed by atoms with Gasteiger partial charge in [0.1, 0.15) is 5.82 Å². The maximum Gasteiger partial charge on any atom is 0.238 e. The lowest BCUT2D eigenvalue weighted by Crippen LogP contribution is -2.31. The van der Waals surface area contributed by atoms with Crippen LogP contribution in [0.25, 0.3) is 22.0 Å². The second-order valence-corrected chi connectivity index (χ2v) is 5.01. The molecule has 2 heterocycles. The minimum absolute atomic E-state index is 0.116. The molecule has 1 amide bonds. The van der Waals surface area contributed by atoms with Crippen LogP contribution in [0, 0.1) is 5.82 Å². The summed E-state index contributed by atoms with van der Waals surface area (Å²) in [5, 5.41) is 4.87. The number of aryl methyl sites for hydroxylation is 1. The lowest BCUT2D eigenvalue weighted by Gasteiger charge is -2.06. The number of amides is 1. The van der Waals surface area contributed by atoms with E-state index < -0.39 is 11.7 Å². The number of rotatable bonds is 3. The summed E-state index contributed by atoms with van der Waals surface area (Å²) in [5.41, 5.74) is 4.60. The molecular formula is C15H14FN5O. The number of halogens is 1. The van der Waals surface area contributed by atoms with Crippen LogP contribution in [0.3, 0.4) is 0 Å². The van der Waals surface area contributed by atoms with Crippen molar-refractivity contribution in [2.45, 2.75) is 6.42 Å². The van der Waals surface area contributed by atoms with Gasteiger partial charge in [-0.3, -0.25) is 19.9 Å². The minimum atomic E-state index is -0.474. The molecule has 1 aromatic carbocycles. The van der Waals surface area contributed by atoms with Crippen LogP contribution < -0.4 is 11.3 Å². The first-order valence-electron chi connectivity index (χ1n) is 6.63. The molecule has 0 saturated heterocycles. The summed E-state index contributed by atoms with van der Waals surface area (Å²) in [6.07, 6.45) is 5.16. The third-order valence-electron chi connectivity index (χ3n) is 3.40. The van der Waals surface area contributed by atoms with Crippen molar-refractivity contribution >= 4 is 16.8 Å². The summed E-state index contributed by atoms with van der Waals surface area (Å²) >= 11 is 0. The fourth-order valence-corrected chi connectivity index (χ4v) is 2.29. The van der Waals surface area contributed by atoms with Gasteiger partial charge in [0.15, 0.2) is 0 Å². The minimum Gasteiger partial charge on any atom is -0.294 e. The van der Waals surface area contributed by atoms with Crippen molar-refractivity contribution in [3.05, 3.63) is 48.2 Å². The number of benzene rings is 1. The fraction of sp³-hybridized carbons (Fsp3) is 0.133. The fourth-order valence-electron chi connectivity index (χ4n) is 2.29. The molecule has 0 spiro atoms. The Morgan fingerprint density at radius 1 is 1.32 bits per heavy atom. The van der Waals surface area contributed by atoms with E-state index in [9.17, 15) is 9.18 Å². The number of fused-ring (bicyclic) bond motifs is 1. The number of hydrazine groups is 1. The Morgan fingerprint density at radius 3 is 2.82 bits per heavy atom. The molecule has 22 heavy (non-hydrogen) atoms. The molecule has 0 bridgehead atoms. The van der Waals surface area contributed by atoms with E-state index in [1.165, 1.54) is 6.07 Å². The van der Waals surface area contributed by atoms with Gasteiger partial charge in [0.25, 0.3) is 0 Å². The van der Waals surface area contributed by atoms with Gasteiger partial charge >= 0.3 is 0 Å². The van der Waals surface area contributed by atoms with Crippen LogP contribution in [0.4, 0.5) is 4.39 Å². The molecule has 7 heteroatoms. The Kier molecular flexibility index (Phi) is 3.56. The molecule has 3 N–H and O–H groups in total. The quantitative estimate of drug-likeness (QED) is 0.434. The summed E-state index contributed by atoms with van der Waals surface area (Å²) in [5.74, 6) is 4.12. The van der Waals surface area contributed by atoms with Gasteiger partial charge in [-0.25, -0.2) is 10.2 Å². The smallest absolute Gasteiger partial charge is 0.238 e. The van der Waals surface area contributed by atoms with Gasteiger partial charge in [0, 0.05) is 42.0 Å². The zero-order valence-corrected chi connectivity index (χ0v) is 11.9. The maximum atomic E-state index is 14.0. The lowest BCUT2D eigenvalue weighted by molar-refractivity contribution is -0.120. The van der Waals surface area contributed by atoms with E-state index >= 15 is 0 Å². The Morgan fingerprint density at radius 2 is 2.14 bits per heavy atom. The zero-order valence-electron chi connectivity index (χ0n) is 11.9. The predicted octanol–water partition coefficient (Wildman–Crippen LogP) is 1.31. The van der Waals surface area contributed by atoms with Gasteiger partial charge in [-0.05, 0) is 17.7 Å². The van der Waals surface area contributed by atoms with E-state index in [-0.39, 0.29) is 12.0 Å². The van der Waals surface area contributed by atoms with Crippen LogP contribution in [0.1, 0.15) is 5.56 Å². The molecule has 0 radical (unpaired) electrons. The molecular weight excluding hydrogens is 285 g/mol. The lowest BCUT2D eigenvalue weighted by atomic mass is 10.0. The highest BCUT2D eigenvalue weighted by molar-refractivity contribution is 5.86. The summed E-state index contributed by atoms with van der Waals surface area (Å²) in [7, 11) is 1.83. The Labute approximate surface area is 125 Å². The van der Waals surface area contributed by atoms with Crippen molar-refractivity contribution in [1.82, 2.24) is 20.2 Å². The molecule has 3 aromatic rings. The van der Waals surface area contributed by atoms with Crippen molar-refractivity contribution < 1.29 is 9.18 Å². The molecule has 0 unspecified atom stereocenters. The Bertz CT molecular complexity index is 858. The first-order chi connectivity index (χ1) is 10.6. The standard InChI is InChI=1S/C15H14FN5O/c1-21-8-12(7-19-21)11-3-10-2-9(4-15(22)20-17)13(16)5-14(10)18-6-11/h2-3,5-8H,4,17H2,1H3,(H,20,22). The van der Waals surface area contributed by atoms with E-state index in [1.54, 1.807) is 23.1 Å². The highest BCUT2D eigenvalue weighted by Crippen LogP contribution is 2.24. The van der Waals surface area contributed by atoms with Crippen molar-refractivity contribution in [1.29, 1.82) is 0 Å². The van der Waals surface area contributed by atoms with E-state index in [1.807, 2.05) is 24.7 Å². The normalized spacial score (nSPS) is 10.9. The van der Waals surface area contributed by atoms with Gasteiger partial charge in [-0.15, -0.1) is 0 Å². The van der Waals surface area contributed by atoms with Gasteiger partial charge in [-0.2, -0.15) is 5.10 Å². The predicted molar refractivity (Wildman–Crippen MR) is 79.9 cm³/mol. The van der Waals surface area contributed by atoms with Crippen molar-refractivity contribution in [3.63, 3.8) is 0 Å². The van der Waals surface area contributed by atoms with Gasteiger partial charge in [0.05, 0.1) is 18.1 Å². The number of carbonyl (C=O) groups excluding carboxylic acids is 1. The number of nitrogens with two attached hydrogens (primary N) is 1. The van der Waals surface area contributed by atoms with Crippen LogP contribution in [0.15, 0.2) is 36.8 Å². The monoisotopic (exact) mass is 299 g/mol. The molecule has 112 valence electrons. The van der Waals surface area contributed by atoms with E-state index in [0.29, 0.717) is 5.52 Å². The summed E-state index contributed by atoms with van der Waals surface area (Å²) < 4.78 is 15.7. The molecule has 0 fully saturated rings. The average molecular weight is 299 g/mol. The topological polar surface area (TPSA) is 85.8 Å². The Hall–Kier alpha value is -2.80. The number of aromatic nitrogens is 3. The van der Waals surface area contributed by atoms with Gasteiger partial charge in [-0.1, -0.05) is 0 Å². The van der Waals surface area contributed by atoms with Crippen molar-refractivity contribution in [3.8, 4) is 11.1 Å². The van der Waals surface area contributed by atoms with E-state index in [2.05, 4.69) is 10.1 Å². The SMILES string of the molecule is Cn1cc(-c2cnc3cc(F)c(CC(=O)NN)cc3c2)cn1. The highest BCUT2D eigenvalue weighted by Gasteiger charge is 2.11. The van der Waals surface area contributed by atoms with Crippen LogP contribution >= 0.6 is 0 Å². The molecule has 0 aliphatic rings. The maximum absolute atomic E-state index is 14.0. The highest BCUT2D eigenvalue weighted by atomic mass is 19.1. The zero-order chi connectivity index (χ0) is 15.7. The van der Waals surface area contributed by atoms with E-state index in [0.717, 1.165) is 16.5 Å². The number of hydrogen-bond donors (Lipinski definition) is 2. The molecule has 0 atom stereocenters. The molecule has 3 rings (SSSR count). The number of nitrogens with one attached hydrogen (secondary N) is 1. The summed E-state index contributed by atoms with van der Waals surface area (Å²) in [4.78, 5) is 15.6. The largest absolute Gasteiger partial charge is 0.294 e. The second-order valence-electron chi connectivity index (χ2n) is 5.01. The van der Waals surface area contributed by atoms with Gasteiger partial charge < -0.3 is 0 Å². The third kappa shape index (κ3) is 2.66. The van der Waals surface area contributed by atoms with E-state index in [4.69, 9.17) is 5.84 Å². The number of nitrogens with zero attached hydrogens (tertiary/aromatic N) is 3. The molecule has 0 aliphatic heterocycles. The molecule has 0 aliphatic carbocycles. The third-order valence-corrected chi connectivity index (χ3v) is 3.40. The molecule has 0 saturated carbocycles. The number of pyridine rings is 1. The first-order valence-corrected chi connectivity index (χ1v) is 6.63. The number of hydrogen-bond acceptors (Lipinski definition) is 4. The van der Waals surface area contributed by atoms with Crippen LogP contribution in [-0.2, 0) is 18.3 Å². The van der Waals surface area contributed by atoms with Crippen LogP contribution in [0.2, 0.25) is 0 Å². The first kappa shape index (κ1) is 14.2. The number of carbonyl (C=O) groups is 1. The van der Waals surface area contributed by atoms with Gasteiger partial charge in [0.2, 0.25) is 5.91 Å². The van der Waals surface area contributed by atoms with Crippen molar-refractivity contribution in [2.75, 3.05) is 0 Å². The van der Waals surface area contributed by atoms with Crippen LogP contribution in [0.5, 0.6) is 0 Å². The van der Waals surface area contributed by atoms with Crippen molar-refractivity contribution in [2.24, 2.45) is 12.9 Å². The molecule has 2 aromatic heterocycles. The molecule has 6 nitrogen and oxygen atoms in total.